The second-order valence-electron chi connectivity index (χ2n) is 4.49. The van der Waals surface area contributed by atoms with E-state index in [4.69, 9.17) is 11.6 Å². The molecule has 0 N–H and O–H groups in total. The first-order chi connectivity index (χ1) is 8.08. The molecule has 0 aliphatic heterocycles. The highest BCUT2D eigenvalue weighted by Gasteiger charge is 2.11. The summed E-state index contributed by atoms with van der Waals surface area (Å²) in [6, 6.07) is 1.85. The van der Waals surface area contributed by atoms with Gasteiger partial charge in [0.2, 0.25) is 0 Å². The van der Waals surface area contributed by atoms with Crippen molar-refractivity contribution in [3.63, 3.8) is 0 Å². The van der Waals surface area contributed by atoms with Gasteiger partial charge in [-0.25, -0.2) is 9.97 Å². The van der Waals surface area contributed by atoms with Crippen molar-refractivity contribution in [3.8, 4) is 0 Å². The minimum Gasteiger partial charge on any atom is -0.357 e. The van der Waals surface area contributed by atoms with E-state index in [9.17, 15) is 0 Å². The molecule has 0 saturated heterocycles. The Labute approximate surface area is 109 Å². The second kappa shape index (κ2) is 6.80. The predicted molar refractivity (Wildman–Crippen MR) is 73.9 cm³/mol. The van der Waals surface area contributed by atoms with Crippen molar-refractivity contribution in [1.29, 1.82) is 0 Å². The van der Waals surface area contributed by atoms with Gasteiger partial charge in [-0.1, -0.05) is 38.8 Å². The molecule has 0 aliphatic rings. The summed E-state index contributed by atoms with van der Waals surface area (Å²) >= 11 is 6.05. The predicted octanol–water partition coefficient (Wildman–Crippen LogP) is 3.88. The minimum atomic E-state index is 0.303. The molecule has 0 fully saturated rings. The highest BCUT2D eigenvalue weighted by atomic mass is 35.5. The van der Waals surface area contributed by atoms with Gasteiger partial charge in [-0.05, 0) is 13.3 Å². The Hall–Kier alpha value is -0.830. The van der Waals surface area contributed by atoms with Gasteiger partial charge in [-0.3, -0.25) is 0 Å². The van der Waals surface area contributed by atoms with Crippen LogP contribution in [-0.4, -0.2) is 23.1 Å². The summed E-state index contributed by atoms with van der Waals surface area (Å²) in [4.78, 5) is 11.1. The zero-order chi connectivity index (χ0) is 12.8. The van der Waals surface area contributed by atoms with Crippen LogP contribution in [0.25, 0.3) is 0 Å². The molecule has 96 valence electrons. The number of aromatic nitrogens is 2. The first-order valence-electron chi connectivity index (χ1n) is 6.37. The SMILES string of the molecule is CCCCN(CC)c1cc(Cl)nc(C(C)C)n1. The topological polar surface area (TPSA) is 29.0 Å². The number of hydrogen-bond acceptors (Lipinski definition) is 3. The maximum absolute atomic E-state index is 6.05. The fourth-order valence-electron chi connectivity index (χ4n) is 1.63. The van der Waals surface area contributed by atoms with Gasteiger partial charge >= 0.3 is 0 Å². The first-order valence-corrected chi connectivity index (χ1v) is 6.75. The Morgan fingerprint density at radius 3 is 2.53 bits per heavy atom. The van der Waals surface area contributed by atoms with Crippen molar-refractivity contribution in [3.05, 3.63) is 17.0 Å². The molecular formula is C13H22ClN3. The van der Waals surface area contributed by atoms with E-state index in [0.717, 1.165) is 24.7 Å². The van der Waals surface area contributed by atoms with Gasteiger partial charge in [-0.15, -0.1) is 0 Å². The van der Waals surface area contributed by atoms with Gasteiger partial charge < -0.3 is 4.90 Å². The van der Waals surface area contributed by atoms with Crippen molar-refractivity contribution in [2.75, 3.05) is 18.0 Å². The van der Waals surface area contributed by atoms with Crippen molar-refractivity contribution < 1.29 is 0 Å². The van der Waals surface area contributed by atoms with Gasteiger partial charge in [0.05, 0.1) is 0 Å². The molecule has 0 unspecified atom stereocenters. The fraction of sp³-hybridized carbons (Fsp3) is 0.692. The molecule has 0 saturated carbocycles. The molecule has 3 nitrogen and oxygen atoms in total. The molecule has 0 radical (unpaired) electrons. The molecule has 0 bridgehead atoms. The molecule has 0 spiro atoms. The largest absolute Gasteiger partial charge is 0.357 e. The van der Waals surface area contributed by atoms with Crippen LogP contribution in [0.15, 0.2) is 6.07 Å². The maximum Gasteiger partial charge on any atom is 0.135 e. The standard InChI is InChI=1S/C13H22ClN3/c1-5-7-8-17(6-2)12-9-11(14)15-13(16-12)10(3)4/h9-10H,5-8H2,1-4H3. The summed E-state index contributed by atoms with van der Waals surface area (Å²) < 4.78 is 0. The van der Waals surface area contributed by atoms with Crippen LogP contribution in [0.3, 0.4) is 0 Å². The summed E-state index contributed by atoms with van der Waals surface area (Å²) in [5.41, 5.74) is 0. The molecule has 17 heavy (non-hydrogen) atoms. The molecule has 0 atom stereocenters. The van der Waals surface area contributed by atoms with Gasteiger partial charge in [0.25, 0.3) is 0 Å². The highest BCUT2D eigenvalue weighted by molar-refractivity contribution is 6.29. The maximum atomic E-state index is 6.05. The van der Waals surface area contributed by atoms with Crippen molar-refractivity contribution in [2.24, 2.45) is 0 Å². The Kier molecular flexibility index (Phi) is 5.69. The summed E-state index contributed by atoms with van der Waals surface area (Å²) in [6.07, 6.45) is 2.36. The van der Waals surface area contributed by atoms with Crippen LogP contribution in [0.4, 0.5) is 5.82 Å². The van der Waals surface area contributed by atoms with E-state index in [2.05, 4.69) is 42.6 Å². The van der Waals surface area contributed by atoms with E-state index in [0.29, 0.717) is 11.1 Å². The fourth-order valence-corrected chi connectivity index (χ4v) is 1.81. The molecule has 1 heterocycles. The average molecular weight is 256 g/mol. The number of rotatable bonds is 6. The third-order valence-corrected chi connectivity index (χ3v) is 2.90. The van der Waals surface area contributed by atoms with Crippen LogP contribution in [0.1, 0.15) is 52.3 Å². The molecular weight excluding hydrogens is 234 g/mol. The highest BCUT2D eigenvalue weighted by Crippen LogP contribution is 2.20. The molecule has 0 amide bonds. The number of nitrogens with zero attached hydrogens (tertiary/aromatic N) is 3. The van der Waals surface area contributed by atoms with E-state index in [1.165, 1.54) is 12.8 Å². The third-order valence-electron chi connectivity index (χ3n) is 2.70. The lowest BCUT2D eigenvalue weighted by Gasteiger charge is -2.22. The average Bonchev–Trinajstić information content (AvgIpc) is 2.29. The van der Waals surface area contributed by atoms with E-state index >= 15 is 0 Å². The number of hydrogen-bond donors (Lipinski definition) is 0. The van der Waals surface area contributed by atoms with Crippen LogP contribution in [-0.2, 0) is 0 Å². The Bertz CT molecular complexity index is 353. The number of unbranched alkanes of at least 4 members (excludes halogenated alkanes) is 1. The van der Waals surface area contributed by atoms with E-state index in [1.54, 1.807) is 0 Å². The summed E-state index contributed by atoms with van der Waals surface area (Å²) in [5, 5.41) is 0.536. The van der Waals surface area contributed by atoms with Crippen molar-refractivity contribution >= 4 is 17.4 Å². The van der Waals surface area contributed by atoms with Gasteiger partial charge in [0, 0.05) is 25.1 Å². The normalized spacial score (nSPS) is 10.9. The minimum absolute atomic E-state index is 0.303. The van der Waals surface area contributed by atoms with E-state index in [-0.39, 0.29) is 0 Å². The molecule has 0 aliphatic carbocycles. The molecule has 4 heteroatoms. The monoisotopic (exact) mass is 255 g/mol. The Balaban J connectivity index is 2.94. The molecule has 1 aromatic heterocycles. The number of anilines is 1. The van der Waals surface area contributed by atoms with Crippen LogP contribution in [0.5, 0.6) is 0 Å². The quantitative estimate of drug-likeness (QED) is 0.723. The van der Waals surface area contributed by atoms with Crippen molar-refractivity contribution in [2.45, 2.75) is 46.5 Å². The summed E-state index contributed by atoms with van der Waals surface area (Å²) in [6.45, 7) is 10.5. The summed E-state index contributed by atoms with van der Waals surface area (Å²) in [7, 11) is 0. The molecule has 1 rings (SSSR count). The lowest BCUT2D eigenvalue weighted by molar-refractivity contribution is 0.708. The van der Waals surface area contributed by atoms with Crippen LogP contribution >= 0.6 is 11.6 Å². The van der Waals surface area contributed by atoms with Gasteiger partial charge in [0.15, 0.2) is 0 Å². The zero-order valence-electron chi connectivity index (χ0n) is 11.2. The smallest absolute Gasteiger partial charge is 0.135 e. The zero-order valence-corrected chi connectivity index (χ0v) is 12.0. The van der Waals surface area contributed by atoms with Crippen LogP contribution in [0.2, 0.25) is 5.15 Å². The summed E-state index contributed by atoms with van der Waals surface area (Å²) in [5.74, 6) is 2.07. The lowest BCUT2D eigenvalue weighted by Crippen LogP contribution is -2.25. The third kappa shape index (κ3) is 4.15. The van der Waals surface area contributed by atoms with E-state index in [1.807, 2.05) is 6.07 Å². The second-order valence-corrected chi connectivity index (χ2v) is 4.88. The first kappa shape index (κ1) is 14.2. The Morgan fingerprint density at radius 1 is 1.29 bits per heavy atom. The van der Waals surface area contributed by atoms with Crippen LogP contribution in [0, 0.1) is 0 Å². The molecule has 1 aromatic rings. The van der Waals surface area contributed by atoms with Crippen LogP contribution < -0.4 is 4.90 Å². The molecule has 0 aromatic carbocycles. The lowest BCUT2D eigenvalue weighted by atomic mass is 10.2. The Morgan fingerprint density at radius 2 is 2.00 bits per heavy atom. The van der Waals surface area contributed by atoms with Gasteiger partial charge in [0.1, 0.15) is 16.8 Å². The number of halogens is 1. The van der Waals surface area contributed by atoms with Crippen molar-refractivity contribution in [1.82, 2.24) is 9.97 Å². The van der Waals surface area contributed by atoms with E-state index < -0.39 is 0 Å². The van der Waals surface area contributed by atoms with Gasteiger partial charge in [-0.2, -0.15) is 0 Å².